The fourth-order valence-electron chi connectivity index (χ4n) is 2.87. The van der Waals surface area contributed by atoms with Gasteiger partial charge in [-0.05, 0) is 37.5 Å². The summed E-state index contributed by atoms with van der Waals surface area (Å²) in [6.07, 6.45) is 9.88. The average Bonchev–Trinajstić information content (AvgIpc) is 3.21. The Morgan fingerprint density at radius 1 is 1.06 bits per heavy atom. The topological polar surface area (TPSA) is 41.1 Å². The van der Waals surface area contributed by atoms with E-state index in [9.17, 15) is 4.79 Å². The van der Waals surface area contributed by atoms with E-state index < -0.39 is 0 Å². The van der Waals surface area contributed by atoms with Gasteiger partial charge in [-0.2, -0.15) is 0 Å². The van der Waals surface area contributed by atoms with E-state index in [2.05, 4.69) is 17.6 Å². The Bertz CT molecular complexity index is 255. The molecule has 1 amide bonds. The molecule has 3 heteroatoms. The van der Waals surface area contributed by atoms with Crippen LogP contribution in [0.25, 0.3) is 0 Å². The molecule has 0 radical (unpaired) electrons. The van der Waals surface area contributed by atoms with Gasteiger partial charge in [0.25, 0.3) is 0 Å². The highest BCUT2D eigenvalue weighted by atomic mass is 16.1. The minimum Gasteiger partial charge on any atom is -0.356 e. The molecule has 2 rings (SSSR count). The maximum Gasteiger partial charge on any atom is 0.221 e. The zero-order valence-corrected chi connectivity index (χ0v) is 11.7. The van der Waals surface area contributed by atoms with E-state index >= 15 is 0 Å². The zero-order chi connectivity index (χ0) is 12.8. The first-order chi connectivity index (χ1) is 8.78. The van der Waals surface area contributed by atoms with Crippen LogP contribution in [-0.2, 0) is 4.79 Å². The molecule has 0 saturated heterocycles. The van der Waals surface area contributed by atoms with Crippen LogP contribution in [0, 0.1) is 11.8 Å². The zero-order valence-electron chi connectivity index (χ0n) is 11.7. The lowest BCUT2D eigenvalue weighted by atomic mass is 9.81. The van der Waals surface area contributed by atoms with Crippen molar-refractivity contribution in [1.29, 1.82) is 0 Å². The fourth-order valence-corrected chi connectivity index (χ4v) is 2.87. The first-order valence-electron chi connectivity index (χ1n) is 7.78. The minimum absolute atomic E-state index is 0.223. The number of amides is 1. The Morgan fingerprint density at radius 2 is 1.72 bits per heavy atom. The summed E-state index contributed by atoms with van der Waals surface area (Å²) in [6, 6.07) is 0.710. The van der Waals surface area contributed by atoms with Gasteiger partial charge < -0.3 is 10.6 Å². The van der Waals surface area contributed by atoms with Crippen LogP contribution in [0.4, 0.5) is 0 Å². The van der Waals surface area contributed by atoms with Crippen LogP contribution in [0.3, 0.4) is 0 Å². The lowest BCUT2D eigenvalue weighted by Gasteiger charge is -2.27. The van der Waals surface area contributed by atoms with Crippen molar-refractivity contribution in [2.24, 2.45) is 11.8 Å². The molecule has 0 unspecified atom stereocenters. The molecule has 18 heavy (non-hydrogen) atoms. The molecule has 0 aromatic rings. The van der Waals surface area contributed by atoms with Gasteiger partial charge in [0.1, 0.15) is 0 Å². The van der Waals surface area contributed by atoms with Crippen molar-refractivity contribution in [3.05, 3.63) is 0 Å². The van der Waals surface area contributed by atoms with Crippen molar-refractivity contribution < 1.29 is 4.79 Å². The number of hydrogen-bond donors (Lipinski definition) is 2. The van der Waals surface area contributed by atoms with E-state index in [1.165, 1.54) is 44.9 Å². The second kappa shape index (κ2) is 7.13. The second-order valence-electron chi connectivity index (χ2n) is 6.08. The van der Waals surface area contributed by atoms with Crippen LogP contribution in [-0.4, -0.2) is 25.0 Å². The molecule has 2 saturated carbocycles. The third-order valence-corrected chi connectivity index (χ3v) is 4.49. The highest BCUT2D eigenvalue weighted by Crippen LogP contribution is 2.30. The third-order valence-electron chi connectivity index (χ3n) is 4.49. The van der Waals surface area contributed by atoms with E-state index in [0.29, 0.717) is 12.5 Å². The summed E-state index contributed by atoms with van der Waals surface area (Å²) in [5.41, 5.74) is 0. The first-order valence-corrected chi connectivity index (χ1v) is 7.78. The maximum absolute atomic E-state index is 11.7. The van der Waals surface area contributed by atoms with Crippen molar-refractivity contribution in [3.8, 4) is 0 Å². The SMILES string of the molecule is CCC1CCC(CNC(=O)CCNC2CC2)CC1. The van der Waals surface area contributed by atoms with Gasteiger partial charge in [0.15, 0.2) is 0 Å². The molecule has 0 heterocycles. The Balaban J connectivity index is 1.49. The van der Waals surface area contributed by atoms with Gasteiger partial charge in [0, 0.05) is 25.6 Å². The largest absolute Gasteiger partial charge is 0.356 e. The molecule has 2 aliphatic rings. The molecule has 0 spiro atoms. The average molecular weight is 252 g/mol. The lowest BCUT2D eigenvalue weighted by Crippen LogP contribution is -2.33. The second-order valence-corrected chi connectivity index (χ2v) is 6.08. The number of carbonyl (C=O) groups excluding carboxylic acids is 1. The fraction of sp³-hybridized carbons (Fsp3) is 0.933. The standard InChI is InChI=1S/C15H28N2O/c1-2-12-3-5-13(6-4-12)11-17-15(18)9-10-16-14-7-8-14/h12-14,16H,2-11H2,1H3,(H,17,18). The summed E-state index contributed by atoms with van der Waals surface area (Å²) < 4.78 is 0. The van der Waals surface area contributed by atoms with E-state index in [-0.39, 0.29) is 5.91 Å². The van der Waals surface area contributed by atoms with Crippen LogP contribution in [0.15, 0.2) is 0 Å². The van der Waals surface area contributed by atoms with Crippen LogP contribution >= 0.6 is 0 Å². The molecule has 0 bridgehead atoms. The Hall–Kier alpha value is -0.570. The van der Waals surface area contributed by atoms with Crippen molar-refractivity contribution in [3.63, 3.8) is 0 Å². The van der Waals surface area contributed by atoms with Crippen molar-refractivity contribution >= 4 is 5.91 Å². The number of hydrogen-bond acceptors (Lipinski definition) is 2. The van der Waals surface area contributed by atoms with Gasteiger partial charge in [-0.15, -0.1) is 0 Å². The molecule has 2 aliphatic carbocycles. The van der Waals surface area contributed by atoms with E-state index in [0.717, 1.165) is 24.9 Å². The normalized spacial score (nSPS) is 28.1. The first kappa shape index (κ1) is 13.9. The third kappa shape index (κ3) is 4.97. The lowest BCUT2D eigenvalue weighted by molar-refractivity contribution is -0.121. The quantitative estimate of drug-likeness (QED) is 0.731. The maximum atomic E-state index is 11.7. The summed E-state index contributed by atoms with van der Waals surface area (Å²) in [6.45, 7) is 4.04. The minimum atomic E-state index is 0.223. The van der Waals surface area contributed by atoms with Gasteiger partial charge in [-0.3, -0.25) is 4.79 Å². The molecule has 0 aromatic carbocycles. The molecular formula is C15H28N2O. The Labute approximate surface area is 111 Å². The smallest absolute Gasteiger partial charge is 0.221 e. The van der Waals surface area contributed by atoms with E-state index in [1.807, 2.05) is 0 Å². The number of carbonyl (C=O) groups is 1. The molecule has 0 aromatic heterocycles. The summed E-state index contributed by atoms with van der Waals surface area (Å²) in [4.78, 5) is 11.7. The number of nitrogens with one attached hydrogen (secondary N) is 2. The van der Waals surface area contributed by atoms with Gasteiger partial charge >= 0.3 is 0 Å². The van der Waals surface area contributed by atoms with Gasteiger partial charge in [-0.25, -0.2) is 0 Å². The van der Waals surface area contributed by atoms with E-state index in [4.69, 9.17) is 0 Å². The van der Waals surface area contributed by atoms with E-state index in [1.54, 1.807) is 0 Å². The molecule has 3 nitrogen and oxygen atoms in total. The molecule has 104 valence electrons. The molecule has 0 aliphatic heterocycles. The van der Waals surface area contributed by atoms with Crippen LogP contribution in [0.1, 0.15) is 58.3 Å². The van der Waals surface area contributed by atoms with Crippen molar-refractivity contribution in [1.82, 2.24) is 10.6 Å². The highest BCUT2D eigenvalue weighted by Gasteiger charge is 2.21. The predicted molar refractivity (Wildman–Crippen MR) is 74.4 cm³/mol. The van der Waals surface area contributed by atoms with Gasteiger partial charge in [-0.1, -0.05) is 26.2 Å². The molecule has 2 N–H and O–H groups in total. The molecule has 0 atom stereocenters. The van der Waals surface area contributed by atoms with Crippen molar-refractivity contribution in [2.75, 3.05) is 13.1 Å². The summed E-state index contributed by atoms with van der Waals surface area (Å²) >= 11 is 0. The Kier molecular flexibility index (Phi) is 5.48. The van der Waals surface area contributed by atoms with Crippen LogP contribution < -0.4 is 10.6 Å². The van der Waals surface area contributed by atoms with Gasteiger partial charge in [0.2, 0.25) is 5.91 Å². The molecular weight excluding hydrogens is 224 g/mol. The number of rotatable bonds is 7. The van der Waals surface area contributed by atoms with Crippen LogP contribution in [0.2, 0.25) is 0 Å². The predicted octanol–water partition coefficient (Wildman–Crippen LogP) is 2.46. The van der Waals surface area contributed by atoms with Crippen LogP contribution in [0.5, 0.6) is 0 Å². The summed E-state index contributed by atoms with van der Waals surface area (Å²) in [7, 11) is 0. The highest BCUT2D eigenvalue weighted by molar-refractivity contribution is 5.76. The molecule has 2 fully saturated rings. The van der Waals surface area contributed by atoms with Gasteiger partial charge in [0.05, 0.1) is 0 Å². The summed E-state index contributed by atoms with van der Waals surface area (Å²) in [5.74, 6) is 1.90. The Morgan fingerprint density at radius 3 is 2.33 bits per heavy atom. The van der Waals surface area contributed by atoms with Crippen molar-refractivity contribution in [2.45, 2.75) is 64.3 Å². The summed E-state index contributed by atoms with van der Waals surface area (Å²) in [5, 5.41) is 6.48. The monoisotopic (exact) mass is 252 g/mol.